The molecule has 0 bridgehead atoms. The van der Waals surface area contributed by atoms with Crippen molar-refractivity contribution in [2.24, 2.45) is 0 Å². The quantitative estimate of drug-likeness (QED) is 0.601. The lowest BCUT2D eigenvalue weighted by atomic mass is 10.1. The summed E-state index contributed by atoms with van der Waals surface area (Å²) in [5, 5.41) is 3.40. The van der Waals surface area contributed by atoms with Crippen molar-refractivity contribution in [2.45, 2.75) is 6.92 Å². The number of hydrogen-bond acceptors (Lipinski definition) is 3. The number of ether oxygens (including phenoxy) is 1. The van der Waals surface area contributed by atoms with Gasteiger partial charge in [-0.05, 0) is 55.5 Å². The summed E-state index contributed by atoms with van der Waals surface area (Å²) in [5.41, 5.74) is 2.79. The number of aryl methyl sites for hydroxylation is 1. The second-order valence-corrected chi connectivity index (χ2v) is 6.50. The molecule has 0 saturated heterocycles. The zero-order chi connectivity index (χ0) is 19.2. The number of carbonyl (C=O) groups excluding carboxylic acids is 2. The first-order chi connectivity index (χ1) is 13.0. The fourth-order valence-corrected chi connectivity index (χ4v) is 2.57. The van der Waals surface area contributed by atoms with Crippen LogP contribution in [0.25, 0.3) is 0 Å². The van der Waals surface area contributed by atoms with E-state index in [0.29, 0.717) is 27.6 Å². The number of ketones is 1. The third-order valence-corrected chi connectivity index (χ3v) is 4.19. The van der Waals surface area contributed by atoms with Crippen molar-refractivity contribution in [2.75, 3.05) is 11.9 Å². The van der Waals surface area contributed by atoms with Gasteiger partial charge in [-0.25, -0.2) is 0 Å². The Hall–Kier alpha value is -3.11. The van der Waals surface area contributed by atoms with Crippen molar-refractivity contribution in [1.29, 1.82) is 0 Å². The number of anilines is 1. The molecule has 0 heterocycles. The summed E-state index contributed by atoms with van der Waals surface area (Å²) in [6.07, 6.45) is 0. The standard InChI is InChI=1S/C22H18ClNO3/c1-15-5-7-17(8-6-15)22(26)24-19-3-2-4-20(13-19)27-14-21(25)16-9-11-18(23)12-10-16/h2-13H,14H2,1H3,(H,24,26). The number of Topliss-reactive ketones (excluding diaryl/α,β-unsaturated/α-hetero) is 1. The Morgan fingerprint density at radius 2 is 1.59 bits per heavy atom. The monoisotopic (exact) mass is 379 g/mol. The van der Waals surface area contributed by atoms with Gasteiger partial charge in [0.25, 0.3) is 5.91 Å². The van der Waals surface area contributed by atoms with Crippen LogP contribution in [0.1, 0.15) is 26.3 Å². The fourth-order valence-electron chi connectivity index (χ4n) is 2.44. The van der Waals surface area contributed by atoms with Crippen molar-refractivity contribution in [3.63, 3.8) is 0 Å². The molecular weight excluding hydrogens is 362 g/mol. The van der Waals surface area contributed by atoms with Gasteiger partial charge in [0.1, 0.15) is 5.75 Å². The molecule has 0 saturated carbocycles. The minimum atomic E-state index is -0.204. The van der Waals surface area contributed by atoms with Crippen LogP contribution in [0, 0.1) is 6.92 Å². The number of hydrogen-bond donors (Lipinski definition) is 1. The highest BCUT2D eigenvalue weighted by atomic mass is 35.5. The molecule has 0 radical (unpaired) electrons. The van der Waals surface area contributed by atoms with Crippen LogP contribution in [-0.4, -0.2) is 18.3 Å². The van der Waals surface area contributed by atoms with E-state index in [1.54, 1.807) is 60.7 Å². The Kier molecular flexibility index (Phi) is 5.89. The maximum atomic E-state index is 12.3. The minimum Gasteiger partial charge on any atom is -0.485 e. The highest BCUT2D eigenvalue weighted by molar-refractivity contribution is 6.30. The summed E-state index contributed by atoms with van der Waals surface area (Å²) in [7, 11) is 0. The first-order valence-corrected chi connectivity index (χ1v) is 8.79. The van der Waals surface area contributed by atoms with Crippen molar-refractivity contribution in [3.8, 4) is 5.75 Å². The van der Waals surface area contributed by atoms with E-state index in [9.17, 15) is 9.59 Å². The van der Waals surface area contributed by atoms with E-state index in [1.165, 1.54) is 0 Å². The van der Waals surface area contributed by atoms with Crippen LogP contribution in [-0.2, 0) is 0 Å². The van der Waals surface area contributed by atoms with E-state index >= 15 is 0 Å². The molecule has 4 nitrogen and oxygen atoms in total. The Balaban J connectivity index is 1.61. The van der Waals surface area contributed by atoms with Gasteiger partial charge in [-0.2, -0.15) is 0 Å². The summed E-state index contributed by atoms with van der Waals surface area (Å²) in [5.74, 6) is 0.143. The molecule has 3 rings (SSSR count). The van der Waals surface area contributed by atoms with Gasteiger partial charge in [0, 0.05) is 27.9 Å². The molecule has 0 atom stereocenters. The van der Waals surface area contributed by atoms with E-state index in [-0.39, 0.29) is 18.3 Å². The average molecular weight is 380 g/mol. The highest BCUT2D eigenvalue weighted by Crippen LogP contribution is 2.19. The molecule has 0 aliphatic heterocycles. The van der Waals surface area contributed by atoms with E-state index in [2.05, 4.69) is 5.32 Å². The third-order valence-electron chi connectivity index (χ3n) is 3.94. The summed E-state index contributed by atoms with van der Waals surface area (Å²) >= 11 is 5.82. The van der Waals surface area contributed by atoms with Crippen molar-refractivity contribution >= 4 is 29.0 Å². The molecule has 3 aromatic rings. The molecular formula is C22H18ClNO3. The second-order valence-electron chi connectivity index (χ2n) is 6.07. The Bertz CT molecular complexity index is 950. The maximum absolute atomic E-state index is 12.3. The van der Waals surface area contributed by atoms with Crippen LogP contribution in [0.2, 0.25) is 5.02 Å². The Labute approximate surface area is 162 Å². The van der Waals surface area contributed by atoms with E-state index in [0.717, 1.165) is 5.56 Å². The van der Waals surface area contributed by atoms with E-state index in [4.69, 9.17) is 16.3 Å². The summed E-state index contributed by atoms with van der Waals surface area (Å²) in [4.78, 5) is 24.5. The van der Waals surface area contributed by atoms with Gasteiger partial charge < -0.3 is 10.1 Å². The topological polar surface area (TPSA) is 55.4 Å². The number of halogens is 1. The molecule has 1 amide bonds. The lowest BCUT2D eigenvalue weighted by molar-refractivity contribution is 0.0920. The summed E-state index contributed by atoms with van der Waals surface area (Å²) < 4.78 is 5.56. The lowest BCUT2D eigenvalue weighted by Gasteiger charge is -2.09. The smallest absolute Gasteiger partial charge is 0.255 e. The van der Waals surface area contributed by atoms with Crippen LogP contribution in [0.5, 0.6) is 5.75 Å². The molecule has 0 aromatic heterocycles. The highest BCUT2D eigenvalue weighted by Gasteiger charge is 2.09. The van der Waals surface area contributed by atoms with Gasteiger partial charge in [0.2, 0.25) is 0 Å². The van der Waals surface area contributed by atoms with Crippen molar-refractivity contribution < 1.29 is 14.3 Å². The van der Waals surface area contributed by atoms with Crippen molar-refractivity contribution in [3.05, 3.63) is 94.5 Å². The summed E-state index contributed by atoms with van der Waals surface area (Å²) in [6.45, 7) is 1.87. The lowest BCUT2D eigenvalue weighted by Crippen LogP contribution is -2.13. The largest absolute Gasteiger partial charge is 0.485 e. The summed E-state index contributed by atoms with van der Waals surface area (Å²) in [6, 6.07) is 20.9. The maximum Gasteiger partial charge on any atom is 0.255 e. The van der Waals surface area contributed by atoms with E-state index < -0.39 is 0 Å². The van der Waals surface area contributed by atoms with Gasteiger partial charge in [-0.1, -0.05) is 35.4 Å². The van der Waals surface area contributed by atoms with Crippen molar-refractivity contribution in [1.82, 2.24) is 0 Å². The van der Waals surface area contributed by atoms with Gasteiger partial charge in [0.15, 0.2) is 12.4 Å². The number of carbonyl (C=O) groups is 2. The minimum absolute atomic E-state index is 0.100. The third kappa shape index (κ3) is 5.19. The SMILES string of the molecule is Cc1ccc(C(=O)Nc2cccc(OCC(=O)c3ccc(Cl)cc3)c2)cc1. The predicted molar refractivity (Wildman–Crippen MR) is 107 cm³/mol. The molecule has 0 spiro atoms. The van der Waals surface area contributed by atoms with Gasteiger partial charge >= 0.3 is 0 Å². The molecule has 1 N–H and O–H groups in total. The van der Waals surface area contributed by atoms with E-state index in [1.807, 2.05) is 19.1 Å². The van der Waals surface area contributed by atoms with Gasteiger partial charge in [-0.15, -0.1) is 0 Å². The zero-order valence-electron chi connectivity index (χ0n) is 14.7. The molecule has 0 aliphatic carbocycles. The van der Waals surface area contributed by atoms with Gasteiger partial charge in [-0.3, -0.25) is 9.59 Å². The molecule has 136 valence electrons. The number of nitrogens with one attached hydrogen (secondary N) is 1. The molecule has 3 aromatic carbocycles. The average Bonchev–Trinajstić information content (AvgIpc) is 2.67. The first kappa shape index (κ1) is 18.7. The Morgan fingerprint density at radius 3 is 2.30 bits per heavy atom. The zero-order valence-corrected chi connectivity index (χ0v) is 15.5. The van der Waals surface area contributed by atoms with Crippen LogP contribution in [0.3, 0.4) is 0 Å². The van der Waals surface area contributed by atoms with Crippen LogP contribution in [0.4, 0.5) is 5.69 Å². The molecule has 0 aliphatic rings. The molecule has 0 fully saturated rings. The number of amides is 1. The molecule has 27 heavy (non-hydrogen) atoms. The molecule has 0 unspecified atom stereocenters. The normalized spacial score (nSPS) is 10.3. The number of benzene rings is 3. The number of rotatable bonds is 6. The molecule has 5 heteroatoms. The van der Waals surface area contributed by atoms with Gasteiger partial charge in [0.05, 0.1) is 0 Å². The van der Waals surface area contributed by atoms with Crippen LogP contribution in [0.15, 0.2) is 72.8 Å². The predicted octanol–water partition coefficient (Wildman–Crippen LogP) is 5.16. The second kappa shape index (κ2) is 8.52. The fraction of sp³-hybridized carbons (Fsp3) is 0.0909. The Morgan fingerprint density at radius 1 is 0.926 bits per heavy atom. The van der Waals surface area contributed by atoms with Crippen LogP contribution >= 0.6 is 11.6 Å². The van der Waals surface area contributed by atoms with Crippen LogP contribution < -0.4 is 10.1 Å². The first-order valence-electron chi connectivity index (χ1n) is 8.41.